The minimum atomic E-state index is -2.98. The zero-order chi connectivity index (χ0) is 17.0. The Balaban J connectivity index is 1.51. The van der Waals surface area contributed by atoms with E-state index in [2.05, 4.69) is 10.6 Å². The molecular formula is C17H24N2O4S. The van der Waals surface area contributed by atoms with Gasteiger partial charge in [0.05, 0.1) is 29.8 Å². The average Bonchev–Trinajstić information content (AvgIpc) is 3.16. The lowest BCUT2D eigenvalue weighted by Crippen LogP contribution is -2.39. The van der Waals surface area contributed by atoms with Crippen LogP contribution in [0.4, 0.5) is 5.69 Å². The first-order valence-electron chi connectivity index (χ1n) is 8.51. The third-order valence-electron chi connectivity index (χ3n) is 4.52. The summed E-state index contributed by atoms with van der Waals surface area (Å²) in [6, 6.07) is 7.33. The number of carbonyl (C=O) groups excluding carboxylic acids is 1. The molecule has 2 fully saturated rings. The van der Waals surface area contributed by atoms with Gasteiger partial charge in [-0.1, -0.05) is 12.1 Å². The summed E-state index contributed by atoms with van der Waals surface area (Å²) in [4.78, 5) is 12.0. The molecule has 1 amide bonds. The molecule has 6 nitrogen and oxygen atoms in total. The molecule has 7 heteroatoms. The van der Waals surface area contributed by atoms with E-state index in [1.54, 1.807) is 0 Å². The van der Waals surface area contributed by atoms with Crippen molar-refractivity contribution < 1.29 is 17.9 Å². The molecular weight excluding hydrogens is 328 g/mol. The number of nitrogens with one attached hydrogen (secondary N) is 2. The van der Waals surface area contributed by atoms with E-state index in [9.17, 15) is 13.2 Å². The molecule has 0 spiro atoms. The van der Waals surface area contributed by atoms with Crippen molar-refractivity contribution in [1.82, 2.24) is 5.32 Å². The molecule has 1 aromatic rings. The summed E-state index contributed by atoms with van der Waals surface area (Å²) in [7, 11) is -2.98. The van der Waals surface area contributed by atoms with Crippen molar-refractivity contribution in [3.63, 3.8) is 0 Å². The van der Waals surface area contributed by atoms with Crippen molar-refractivity contribution in [2.45, 2.75) is 44.2 Å². The van der Waals surface area contributed by atoms with Crippen LogP contribution in [-0.4, -0.2) is 44.5 Å². The second-order valence-electron chi connectivity index (χ2n) is 6.54. The van der Waals surface area contributed by atoms with Gasteiger partial charge in [-0.2, -0.15) is 0 Å². The van der Waals surface area contributed by atoms with E-state index in [0.717, 1.165) is 24.3 Å². The first-order valence-corrected chi connectivity index (χ1v) is 10.3. The molecule has 0 aromatic heterocycles. The van der Waals surface area contributed by atoms with Gasteiger partial charge >= 0.3 is 0 Å². The lowest BCUT2D eigenvalue weighted by atomic mass is 10.2. The fraction of sp³-hybridized carbons (Fsp3) is 0.588. The normalized spacial score (nSPS) is 23.1. The van der Waals surface area contributed by atoms with Crippen LogP contribution >= 0.6 is 0 Å². The molecule has 1 saturated carbocycles. The van der Waals surface area contributed by atoms with E-state index in [0.29, 0.717) is 6.42 Å². The predicted octanol–water partition coefficient (Wildman–Crippen LogP) is 1.72. The van der Waals surface area contributed by atoms with E-state index < -0.39 is 9.84 Å². The van der Waals surface area contributed by atoms with E-state index >= 15 is 0 Å². The Morgan fingerprint density at radius 1 is 1.17 bits per heavy atom. The second kappa shape index (κ2) is 7.42. The molecule has 1 saturated heterocycles. The Kier molecular flexibility index (Phi) is 5.28. The summed E-state index contributed by atoms with van der Waals surface area (Å²) in [5, 5.41) is 5.87. The van der Waals surface area contributed by atoms with Crippen LogP contribution in [0.2, 0.25) is 0 Å². The number of sulfone groups is 1. The van der Waals surface area contributed by atoms with E-state index in [4.69, 9.17) is 4.74 Å². The topological polar surface area (TPSA) is 84.5 Å². The first-order chi connectivity index (χ1) is 11.5. The number of ether oxygens (including phenoxy) is 1. The molecule has 0 bridgehead atoms. The minimum absolute atomic E-state index is 0.0418. The van der Waals surface area contributed by atoms with Crippen LogP contribution < -0.4 is 15.4 Å². The molecule has 2 N–H and O–H groups in total. The molecule has 1 aromatic carbocycles. The lowest BCUT2D eigenvalue weighted by molar-refractivity contribution is -0.119. The Hall–Kier alpha value is -1.76. The maximum atomic E-state index is 12.0. The third-order valence-corrected chi connectivity index (χ3v) is 6.29. The number of anilines is 1. The zero-order valence-electron chi connectivity index (χ0n) is 13.7. The highest BCUT2D eigenvalue weighted by atomic mass is 32.2. The average molecular weight is 352 g/mol. The number of carbonyl (C=O) groups is 1. The van der Waals surface area contributed by atoms with Crippen LogP contribution in [0, 0.1) is 0 Å². The lowest BCUT2D eigenvalue weighted by Gasteiger charge is -2.17. The number of hydrogen-bond acceptors (Lipinski definition) is 5. The molecule has 0 radical (unpaired) electrons. The van der Waals surface area contributed by atoms with Gasteiger partial charge in [0.2, 0.25) is 5.91 Å². The zero-order valence-corrected chi connectivity index (χ0v) is 14.5. The van der Waals surface area contributed by atoms with Crippen LogP contribution in [0.25, 0.3) is 0 Å². The van der Waals surface area contributed by atoms with Crippen LogP contribution in [-0.2, 0) is 14.6 Å². The molecule has 132 valence electrons. The number of amides is 1. The van der Waals surface area contributed by atoms with Crippen LogP contribution in [0.5, 0.6) is 5.75 Å². The molecule has 1 heterocycles. The van der Waals surface area contributed by atoms with Crippen LogP contribution in [0.15, 0.2) is 24.3 Å². The largest absolute Gasteiger partial charge is 0.488 e. The van der Waals surface area contributed by atoms with E-state index in [1.165, 1.54) is 12.8 Å². The van der Waals surface area contributed by atoms with Crippen molar-refractivity contribution in [3.05, 3.63) is 24.3 Å². The maximum Gasteiger partial charge on any atom is 0.239 e. The standard InChI is InChI=1S/C17H24N2O4S/c20-17(19-13-9-10-24(21,22)12-13)11-18-15-7-3-4-8-16(15)23-14-5-1-2-6-14/h3-4,7-8,13-14,18H,1-2,5-6,9-12H2,(H,19,20). The van der Waals surface area contributed by atoms with E-state index in [-0.39, 0.29) is 36.1 Å². The Morgan fingerprint density at radius 3 is 2.62 bits per heavy atom. The monoisotopic (exact) mass is 352 g/mol. The summed E-state index contributed by atoms with van der Waals surface area (Å²) in [6.07, 6.45) is 5.30. The van der Waals surface area contributed by atoms with Crippen molar-refractivity contribution in [1.29, 1.82) is 0 Å². The van der Waals surface area contributed by atoms with Crippen molar-refractivity contribution in [3.8, 4) is 5.75 Å². The second-order valence-corrected chi connectivity index (χ2v) is 8.77. The van der Waals surface area contributed by atoms with Gasteiger partial charge in [0.15, 0.2) is 9.84 Å². The summed E-state index contributed by atoms with van der Waals surface area (Å²) < 4.78 is 28.9. The van der Waals surface area contributed by atoms with Gasteiger partial charge in [-0.25, -0.2) is 8.42 Å². The molecule has 1 aliphatic carbocycles. The van der Waals surface area contributed by atoms with E-state index in [1.807, 2.05) is 24.3 Å². The van der Waals surface area contributed by atoms with Gasteiger partial charge in [-0.05, 0) is 44.2 Å². The smallest absolute Gasteiger partial charge is 0.239 e. The van der Waals surface area contributed by atoms with Crippen molar-refractivity contribution in [2.24, 2.45) is 0 Å². The highest BCUT2D eigenvalue weighted by Gasteiger charge is 2.28. The van der Waals surface area contributed by atoms with Gasteiger partial charge in [-0.15, -0.1) is 0 Å². The van der Waals surface area contributed by atoms with Gasteiger partial charge in [0.1, 0.15) is 5.75 Å². The van der Waals surface area contributed by atoms with Crippen molar-refractivity contribution in [2.75, 3.05) is 23.4 Å². The summed E-state index contributed by atoms with van der Waals surface area (Å²) in [6.45, 7) is 0.0988. The quantitative estimate of drug-likeness (QED) is 0.814. The van der Waals surface area contributed by atoms with Gasteiger partial charge in [0.25, 0.3) is 0 Å². The maximum absolute atomic E-state index is 12.0. The fourth-order valence-corrected chi connectivity index (χ4v) is 4.94. The number of rotatable bonds is 6. The molecule has 3 rings (SSSR count). The highest BCUT2D eigenvalue weighted by Crippen LogP contribution is 2.29. The Labute approximate surface area is 142 Å². The van der Waals surface area contributed by atoms with Gasteiger partial charge in [0, 0.05) is 6.04 Å². The Morgan fingerprint density at radius 2 is 1.92 bits per heavy atom. The number of benzene rings is 1. The molecule has 1 unspecified atom stereocenters. The fourth-order valence-electron chi connectivity index (χ4n) is 3.26. The Bertz CT molecular complexity index is 684. The molecule has 24 heavy (non-hydrogen) atoms. The summed E-state index contributed by atoms with van der Waals surface area (Å²) in [5.41, 5.74) is 0.790. The molecule has 2 aliphatic rings. The molecule has 1 atom stereocenters. The third kappa shape index (κ3) is 4.63. The highest BCUT2D eigenvalue weighted by molar-refractivity contribution is 7.91. The number of para-hydroxylation sites is 2. The van der Waals surface area contributed by atoms with Crippen LogP contribution in [0.3, 0.4) is 0 Å². The van der Waals surface area contributed by atoms with Crippen molar-refractivity contribution >= 4 is 21.4 Å². The first kappa shape index (κ1) is 17.1. The minimum Gasteiger partial charge on any atom is -0.488 e. The summed E-state index contributed by atoms with van der Waals surface area (Å²) in [5.74, 6) is 0.761. The predicted molar refractivity (Wildman–Crippen MR) is 93.0 cm³/mol. The summed E-state index contributed by atoms with van der Waals surface area (Å²) >= 11 is 0. The molecule has 1 aliphatic heterocycles. The number of hydrogen-bond donors (Lipinski definition) is 2. The van der Waals surface area contributed by atoms with Gasteiger partial charge < -0.3 is 15.4 Å². The van der Waals surface area contributed by atoms with Gasteiger partial charge in [-0.3, -0.25) is 4.79 Å². The van der Waals surface area contributed by atoms with Crippen LogP contribution in [0.1, 0.15) is 32.1 Å². The SMILES string of the molecule is O=C(CNc1ccccc1OC1CCCC1)NC1CCS(=O)(=O)C1.